The summed E-state index contributed by atoms with van der Waals surface area (Å²) in [5, 5.41) is 0.272. The van der Waals surface area contributed by atoms with Crippen molar-refractivity contribution in [1.82, 2.24) is 14.7 Å². The highest BCUT2D eigenvalue weighted by atomic mass is 35.5. The van der Waals surface area contributed by atoms with Crippen molar-refractivity contribution in [3.05, 3.63) is 34.3 Å². The molecule has 0 N–H and O–H groups in total. The SMILES string of the molecule is CN1CCN(C(=O)CCN2C(=O)c3cccc(Cl)c3C2=O)CC1. The molecule has 0 unspecified atom stereocenters. The van der Waals surface area contributed by atoms with Crippen LogP contribution in [0.1, 0.15) is 27.1 Å². The zero-order valence-corrected chi connectivity index (χ0v) is 13.7. The van der Waals surface area contributed by atoms with E-state index in [9.17, 15) is 14.4 Å². The molecule has 0 saturated carbocycles. The van der Waals surface area contributed by atoms with Crippen LogP contribution in [0.5, 0.6) is 0 Å². The molecule has 122 valence electrons. The van der Waals surface area contributed by atoms with Gasteiger partial charge in [0.2, 0.25) is 5.91 Å². The first-order valence-corrected chi connectivity index (χ1v) is 7.98. The molecular weight excluding hydrogens is 318 g/mol. The lowest BCUT2D eigenvalue weighted by Gasteiger charge is -2.32. The van der Waals surface area contributed by atoms with Gasteiger partial charge in [0.1, 0.15) is 0 Å². The van der Waals surface area contributed by atoms with Crippen LogP contribution in [0.3, 0.4) is 0 Å². The Labute approximate surface area is 139 Å². The van der Waals surface area contributed by atoms with Gasteiger partial charge in [0.15, 0.2) is 0 Å². The number of carbonyl (C=O) groups is 3. The highest BCUT2D eigenvalue weighted by Crippen LogP contribution is 2.29. The van der Waals surface area contributed by atoms with Crippen LogP contribution in [-0.4, -0.2) is 72.2 Å². The Kier molecular flexibility index (Phi) is 4.37. The highest BCUT2D eigenvalue weighted by Gasteiger charge is 2.37. The lowest BCUT2D eigenvalue weighted by atomic mass is 10.1. The monoisotopic (exact) mass is 335 g/mol. The van der Waals surface area contributed by atoms with Gasteiger partial charge in [-0.3, -0.25) is 19.3 Å². The number of rotatable bonds is 3. The number of fused-ring (bicyclic) bond motifs is 1. The smallest absolute Gasteiger partial charge is 0.263 e. The van der Waals surface area contributed by atoms with Crippen molar-refractivity contribution < 1.29 is 14.4 Å². The molecule has 1 saturated heterocycles. The standard InChI is InChI=1S/C16H18ClN3O3/c1-18-7-9-19(10-8-18)13(21)5-6-20-15(22)11-3-2-4-12(17)14(11)16(20)23/h2-4H,5-10H2,1H3. The van der Waals surface area contributed by atoms with Crippen LogP contribution in [0.25, 0.3) is 0 Å². The zero-order valence-electron chi connectivity index (χ0n) is 12.9. The number of piperazine rings is 1. The second-order valence-corrected chi connectivity index (χ2v) is 6.27. The van der Waals surface area contributed by atoms with Gasteiger partial charge in [-0.05, 0) is 19.2 Å². The van der Waals surface area contributed by atoms with E-state index in [1.807, 2.05) is 7.05 Å². The van der Waals surface area contributed by atoms with E-state index in [0.717, 1.165) is 18.0 Å². The van der Waals surface area contributed by atoms with Crippen LogP contribution < -0.4 is 0 Å². The molecule has 3 rings (SSSR count). The molecule has 1 aromatic rings. The van der Waals surface area contributed by atoms with Crippen LogP contribution in [0.2, 0.25) is 5.02 Å². The van der Waals surface area contributed by atoms with Crippen molar-refractivity contribution in [3.8, 4) is 0 Å². The van der Waals surface area contributed by atoms with E-state index in [1.54, 1.807) is 23.1 Å². The fourth-order valence-electron chi connectivity index (χ4n) is 2.92. The number of imide groups is 1. The minimum atomic E-state index is -0.415. The Morgan fingerprint density at radius 2 is 1.83 bits per heavy atom. The number of amides is 3. The predicted octanol–water partition coefficient (Wildman–Crippen LogP) is 1.10. The van der Waals surface area contributed by atoms with E-state index in [4.69, 9.17) is 11.6 Å². The molecule has 0 atom stereocenters. The Balaban J connectivity index is 1.64. The van der Waals surface area contributed by atoms with Crippen molar-refractivity contribution in [3.63, 3.8) is 0 Å². The van der Waals surface area contributed by atoms with Gasteiger partial charge in [0.05, 0.1) is 16.1 Å². The Hall–Kier alpha value is -1.92. The molecule has 23 heavy (non-hydrogen) atoms. The largest absolute Gasteiger partial charge is 0.340 e. The predicted molar refractivity (Wildman–Crippen MR) is 85.5 cm³/mol. The third-order valence-electron chi connectivity index (χ3n) is 4.35. The van der Waals surface area contributed by atoms with Gasteiger partial charge in [0.25, 0.3) is 11.8 Å². The quantitative estimate of drug-likeness (QED) is 0.776. The highest BCUT2D eigenvalue weighted by molar-refractivity contribution is 6.37. The Morgan fingerprint density at radius 1 is 1.13 bits per heavy atom. The van der Waals surface area contributed by atoms with Crippen LogP contribution in [-0.2, 0) is 4.79 Å². The molecule has 2 heterocycles. The molecule has 2 aliphatic rings. The maximum absolute atomic E-state index is 12.3. The second-order valence-electron chi connectivity index (χ2n) is 5.86. The molecule has 0 aliphatic carbocycles. The summed E-state index contributed by atoms with van der Waals surface area (Å²) in [6.45, 7) is 3.14. The van der Waals surface area contributed by atoms with Crippen molar-refractivity contribution in [2.24, 2.45) is 0 Å². The average Bonchev–Trinajstić information content (AvgIpc) is 2.78. The van der Waals surface area contributed by atoms with Crippen molar-refractivity contribution in [2.45, 2.75) is 6.42 Å². The van der Waals surface area contributed by atoms with Crippen LogP contribution in [0, 0.1) is 0 Å². The molecule has 7 heteroatoms. The van der Waals surface area contributed by atoms with Crippen LogP contribution in [0.15, 0.2) is 18.2 Å². The number of hydrogen-bond acceptors (Lipinski definition) is 4. The van der Waals surface area contributed by atoms with E-state index < -0.39 is 5.91 Å². The van der Waals surface area contributed by atoms with Crippen molar-refractivity contribution >= 4 is 29.3 Å². The van der Waals surface area contributed by atoms with Crippen molar-refractivity contribution in [1.29, 1.82) is 0 Å². The Morgan fingerprint density at radius 3 is 2.48 bits per heavy atom. The summed E-state index contributed by atoms with van der Waals surface area (Å²) in [6.07, 6.45) is 0.146. The van der Waals surface area contributed by atoms with E-state index >= 15 is 0 Å². The molecule has 0 bridgehead atoms. The minimum absolute atomic E-state index is 0.0271. The third-order valence-corrected chi connectivity index (χ3v) is 4.67. The first-order valence-electron chi connectivity index (χ1n) is 7.60. The fraction of sp³-hybridized carbons (Fsp3) is 0.438. The maximum atomic E-state index is 12.3. The summed E-state index contributed by atoms with van der Waals surface area (Å²) >= 11 is 6.01. The lowest BCUT2D eigenvalue weighted by Crippen LogP contribution is -2.47. The van der Waals surface area contributed by atoms with Gasteiger partial charge < -0.3 is 9.80 Å². The van der Waals surface area contributed by atoms with E-state index in [2.05, 4.69) is 4.90 Å². The minimum Gasteiger partial charge on any atom is -0.340 e. The van der Waals surface area contributed by atoms with Crippen molar-refractivity contribution in [2.75, 3.05) is 39.8 Å². The number of carbonyl (C=O) groups excluding carboxylic acids is 3. The van der Waals surface area contributed by atoms with Gasteiger partial charge in [-0.1, -0.05) is 17.7 Å². The van der Waals surface area contributed by atoms with E-state index in [0.29, 0.717) is 18.7 Å². The fourth-order valence-corrected chi connectivity index (χ4v) is 3.17. The van der Waals surface area contributed by atoms with Crippen LogP contribution in [0.4, 0.5) is 0 Å². The normalized spacial score (nSPS) is 18.5. The summed E-state index contributed by atoms with van der Waals surface area (Å²) in [4.78, 5) is 42.0. The summed E-state index contributed by atoms with van der Waals surface area (Å²) in [5.74, 6) is -0.818. The second kappa shape index (κ2) is 6.29. The molecule has 1 aromatic carbocycles. The first-order chi connectivity index (χ1) is 11.0. The summed E-state index contributed by atoms with van der Waals surface area (Å²) in [7, 11) is 2.02. The third kappa shape index (κ3) is 2.96. The number of hydrogen-bond donors (Lipinski definition) is 0. The van der Waals surface area contributed by atoms with Gasteiger partial charge in [0, 0.05) is 39.1 Å². The summed E-state index contributed by atoms with van der Waals surface area (Å²) in [6, 6.07) is 4.82. The number of likely N-dealkylation sites (N-methyl/N-ethyl adjacent to an activating group) is 1. The molecule has 0 spiro atoms. The number of halogens is 1. The average molecular weight is 336 g/mol. The van der Waals surface area contributed by atoms with Gasteiger partial charge in [-0.2, -0.15) is 0 Å². The maximum Gasteiger partial charge on any atom is 0.263 e. The molecule has 3 amide bonds. The zero-order chi connectivity index (χ0) is 16.6. The summed E-state index contributed by atoms with van der Waals surface area (Å²) in [5.41, 5.74) is 0.556. The number of nitrogens with zero attached hydrogens (tertiary/aromatic N) is 3. The molecule has 0 radical (unpaired) electrons. The summed E-state index contributed by atoms with van der Waals surface area (Å²) < 4.78 is 0. The molecule has 2 aliphatic heterocycles. The Bertz CT molecular complexity index is 669. The molecular formula is C16H18ClN3O3. The molecule has 0 aromatic heterocycles. The number of benzene rings is 1. The van der Waals surface area contributed by atoms with Gasteiger partial charge in [-0.25, -0.2) is 0 Å². The first kappa shape index (κ1) is 16.0. The molecule has 1 fully saturated rings. The topological polar surface area (TPSA) is 60.9 Å². The van der Waals surface area contributed by atoms with Gasteiger partial charge >= 0.3 is 0 Å². The van der Waals surface area contributed by atoms with Crippen LogP contribution >= 0.6 is 11.6 Å². The van der Waals surface area contributed by atoms with Gasteiger partial charge in [-0.15, -0.1) is 0 Å². The molecule has 6 nitrogen and oxygen atoms in total. The van der Waals surface area contributed by atoms with E-state index in [1.165, 1.54) is 0 Å². The lowest BCUT2D eigenvalue weighted by molar-refractivity contribution is -0.132. The van der Waals surface area contributed by atoms with E-state index in [-0.39, 0.29) is 35.4 Å².